The van der Waals surface area contributed by atoms with Gasteiger partial charge in [0.15, 0.2) is 11.6 Å². The van der Waals surface area contributed by atoms with E-state index in [-0.39, 0.29) is 61.0 Å². The number of ether oxygens (including phenoxy) is 1. The predicted molar refractivity (Wildman–Crippen MR) is 242 cm³/mol. The van der Waals surface area contributed by atoms with Gasteiger partial charge < -0.3 is 20.1 Å². The molecule has 0 fully saturated rings. The molecule has 0 saturated heterocycles. The number of carbonyl (C=O) groups is 3. The van der Waals surface area contributed by atoms with E-state index in [4.69, 9.17) is 9.84 Å². The van der Waals surface area contributed by atoms with Gasteiger partial charge >= 0.3 is 30.8 Å². The van der Waals surface area contributed by atoms with E-state index in [2.05, 4.69) is 5.32 Å². The lowest BCUT2D eigenvalue weighted by atomic mass is 10.0. The molecule has 2 aliphatic rings. The number of nitrogens with one attached hydrogen (secondary N) is 1. The Balaban J connectivity index is 0.000000269. The molecular formula is C52H52F12N2O5. The number of hydrogen-bond donors (Lipinski definition) is 2. The van der Waals surface area contributed by atoms with Crippen LogP contribution in [0, 0.1) is 0 Å². The average molecular weight is 1010 g/mol. The number of benzene rings is 4. The largest absolute Gasteiger partial charge is 0.444 e. The van der Waals surface area contributed by atoms with E-state index >= 15 is 0 Å². The molecule has 2 N–H and O–H groups in total. The highest BCUT2D eigenvalue weighted by Gasteiger charge is 2.39. The minimum atomic E-state index is -4.96. The standard InChI is InChI=1S/C29H31F6NO3.C23H21F6NO2/c1-5-23(37)9-6-18-7-10-24-20(14-18)8-11-25(24)36(26(38)39-27(2,3)4)13-12-19-15-21(28(30,31)32)17-22(16-19)29(33,34)35;24-22(25,26)17-10-15(11-18(12-17)23(27,28)29)7-8-30-21-6-3-16-9-14(2-5-20(16)21)1-4-19(32)13-31/h6-7,9-10,14-17,25H,5,8,11-13H2,1-4H3;1-2,4-5,9-12,21,30-31H,3,6-8,13H2/b9-6+;4-1+. The molecule has 4 aromatic carbocycles. The van der Waals surface area contributed by atoms with Crippen LogP contribution in [0.25, 0.3) is 12.2 Å². The van der Waals surface area contributed by atoms with Crippen molar-refractivity contribution >= 4 is 29.8 Å². The van der Waals surface area contributed by atoms with Gasteiger partial charge in [0, 0.05) is 19.0 Å². The van der Waals surface area contributed by atoms with Gasteiger partial charge in [0.25, 0.3) is 0 Å². The van der Waals surface area contributed by atoms with E-state index in [0.29, 0.717) is 31.4 Å². The lowest BCUT2D eigenvalue weighted by molar-refractivity contribution is -0.144. The third-order valence-electron chi connectivity index (χ3n) is 11.6. The number of aliphatic hydroxyl groups is 1. The number of carbonyl (C=O) groups excluding carboxylic acids is 3. The van der Waals surface area contributed by atoms with Crippen LogP contribution < -0.4 is 5.32 Å². The number of aliphatic hydroxyl groups excluding tert-OH is 1. The maximum Gasteiger partial charge on any atom is 0.416 e. The molecule has 6 rings (SSSR count). The third-order valence-corrected chi connectivity index (χ3v) is 11.6. The summed E-state index contributed by atoms with van der Waals surface area (Å²) in [5.41, 5.74) is -1.07. The fourth-order valence-electron chi connectivity index (χ4n) is 8.21. The van der Waals surface area contributed by atoms with Crippen LogP contribution in [0.3, 0.4) is 0 Å². The quantitative estimate of drug-likeness (QED) is 0.0965. The molecule has 71 heavy (non-hydrogen) atoms. The molecule has 1 amide bonds. The number of amides is 1. The van der Waals surface area contributed by atoms with Crippen molar-refractivity contribution in [3.05, 3.63) is 152 Å². The smallest absolute Gasteiger partial charge is 0.416 e. The van der Waals surface area contributed by atoms with Gasteiger partial charge in [-0.3, -0.25) is 9.59 Å². The number of halogens is 12. The second kappa shape index (κ2) is 22.6. The monoisotopic (exact) mass is 1010 g/mol. The summed E-state index contributed by atoms with van der Waals surface area (Å²) in [6, 6.07) is 13.7. The molecule has 0 radical (unpaired) electrons. The van der Waals surface area contributed by atoms with E-state index in [9.17, 15) is 67.1 Å². The summed E-state index contributed by atoms with van der Waals surface area (Å²) in [6.07, 6.45) is -11.5. The second-order valence-electron chi connectivity index (χ2n) is 18.1. The zero-order valence-corrected chi connectivity index (χ0v) is 39.0. The Kier molecular flexibility index (Phi) is 17.8. The van der Waals surface area contributed by atoms with E-state index in [1.807, 2.05) is 30.3 Å². The molecule has 7 nitrogen and oxygen atoms in total. The van der Waals surface area contributed by atoms with Gasteiger partial charge in [-0.2, -0.15) is 52.7 Å². The first-order valence-electron chi connectivity index (χ1n) is 22.5. The number of fused-ring (bicyclic) bond motifs is 2. The minimum absolute atomic E-state index is 0.0168. The maximum absolute atomic E-state index is 13.3. The molecule has 0 heterocycles. The molecule has 0 spiro atoms. The first-order chi connectivity index (χ1) is 32.9. The van der Waals surface area contributed by atoms with E-state index < -0.39 is 77.1 Å². The summed E-state index contributed by atoms with van der Waals surface area (Å²) in [6.45, 7) is 6.27. The summed E-state index contributed by atoms with van der Waals surface area (Å²) in [5.74, 6) is -0.430. The number of alkyl halides is 12. The summed E-state index contributed by atoms with van der Waals surface area (Å²) in [4.78, 5) is 37.4. The number of hydrogen-bond acceptors (Lipinski definition) is 6. The highest BCUT2D eigenvalue weighted by molar-refractivity contribution is 5.94. The van der Waals surface area contributed by atoms with Crippen molar-refractivity contribution in [1.82, 2.24) is 10.2 Å². The number of ketones is 2. The molecule has 0 aliphatic heterocycles. The lowest BCUT2D eigenvalue weighted by Crippen LogP contribution is -2.40. The maximum atomic E-state index is 13.3. The Labute approximate surface area is 402 Å². The highest BCUT2D eigenvalue weighted by atomic mass is 19.4. The molecule has 384 valence electrons. The number of nitrogens with zero attached hydrogens (tertiary/aromatic N) is 1. The van der Waals surface area contributed by atoms with Gasteiger partial charge in [0.1, 0.15) is 12.2 Å². The predicted octanol–water partition coefficient (Wildman–Crippen LogP) is 13.3. The molecule has 2 atom stereocenters. The molecule has 0 saturated carbocycles. The van der Waals surface area contributed by atoms with E-state index in [0.717, 1.165) is 58.4 Å². The SMILES string of the molecule is CCC(=O)/C=C/c1ccc2c(c1)CCC2N(CCc1cc(C(F)(F)F)cc(C(F)(F)F)c1)C(=O)OC(C)(C)C.O=C(/C=C/c1ccc2c(c1)CCC2NCCc1cc(C(F)(F)F)cc(C(F)(F)F)c1)CO. The van der Waals surface area contributed by atoms with Gasteiger partial charge in [-0.1, -0.05) is 55.5 Å². The Bertz CT molecular complexity index is 2540. The van der Waals surface area contributed by atoms with Gasteiger partial charge in [-0.15, -0.1) is 0 Å². The van der Waals surface area contributed by atoms with E-state index in [1.54, 1.807) is 45.9 Å². The zero-order chi connectivity index (χ0) is 52.7. The Morgan fingerprint density at radius 2 is 1.08 bits per heavy atom. The zero-order valence-electron chi connectivity index (χ0n) is 39.0. The minimum Gasteiger partial charge on any atom is -0.444 e. The fraction of sp³-hybridized carbons (Fsp3) is 0.404. The van der Waals surface area contributed by atoms with Gasteiger partial charge in [-0.05, 0) is 159 Å². The van der Waals surface area contributed by atoms with Crippen molar-refractivity contribution in [2.75, 3.05) is 19.7 Å². The second-order valence-corrected chi connectivity index (χ2v) is 18.1. The van der Waals surface area contributed by atoms with E-state index in [1.165, 1.54) is 17.1 Å². The van der Waals surface area contributed by atoms with Crippen LogP contribution in [0.1, 0.15) is 126 Å². The normalized spacial score (nSPS) is 16.2. The van der Waals surface area contributed by atoms with Crippen LogP contribution in [-0.4, -0.2) is 53.0 Å². The van der Waals surface area contributed by atoms with Crippen LogP contribution in [0.15, 0.2) is 84.9 Å². The fourth-order valence-corrected chi connectivity index (χ4v) is 8.21. The average Bonchev–Trinajstić information content (AvgIpc) is 3.89. The number of allylic oxidation sites excluding steroid dienone is 1. The van der Waals surface area contributed by atoms with Crippen molar-refractivity contribution in [2.24, 2.45) is 0 Å². The summed E-state index contributed by atoms with van der Waals surface area (Å²) >= 11 is 0. The number of rotatable bonds is 14. The molecule has 4 aromatic rings. The Morgan fingerprint density at radius 1 is 0.634 bits per heavy atom. The van der Waals surface area contributed by atoms with Crippen molar-refractivity contribution in [3.8, 4) is 0 Å². The van der Waals surface area contributed by atoms with Gasteiger partial charge in [-0.25, -0.2) is 4.79 Å². The highest BCUT2D eigenvalue weighted by Crippen LogP contribution is 2.41. The van der Waals surface area contributed by atoms with Crippen LogP contribution in [-0.2, 0) is 64.7 Å². The van der Waals surface area contributed by atoms with Crippen LogP contribution in [0.2, 0.25) is 0 Å². The molecule has 2 aliphatic carbocycles. The van der Waals surface area contributed by atoms with Gasteiger partial charge in [0.05, 0.1) is 28.3 Å². The number of aryl methyl sites for hydroxylation is 2. The van der Waals surface area contributed by atoms with Crippen molar-refractivity contribution in [2.45, 2.75) is 115 Å². The van der Waals surface area contributed by atoms with Crippen molar-refractivity contribution < 1.29 is 76.9 Å². The van der Waals surface area contributed by atoms with Gasteiger partial charge in [0.2, 0.25) is 0 Å². The van der Waals surface area contributed by atoms with Crippen molar-refractivity contribution in [1.29, 1.82) is 0 Å². The van der Waals surface area contributed by atoms with Crippen LogP contribution in [0.4, 0.5) is 57.5 Å². The first-order valence-corrected chi connectivity index (χ1v) is 22.5. The van der Waals surface area contributed by atoms with Crippen LogP contribution >= 0.6 is 0 Å². The van der Waals surface area contributed by atoms with Crippen LogP contribution in [0.5, 0.6) is 0 Å². The molecule has 0 bridgehead atoms. The topological polar surface area (TPSA) is 95.9 Å². The third kappa shape index (κ3) is 16.0. The molecule has 2 unspecified atom stereocenters. The molecule has 19 heteroatoms. The lowest BCUT2D eigenvalue weighted by Gasteiger charge is -2.32. The Morgan fingerprint density at radius 3 is 1.55 bits per heavy atom. The summed E-state index contributed by atoms with van der Waals surface area (Å²) in [5, 5.41) is 12.0. The molecular weight excluding hydrogens is 961 g/mol. The Hall–Kier alpha value is -5.95. The van der Waals surface area contributed by atoms with Crippen molar-refractivity contribution in [3.63, 3.8) is 0 Å². The first kappa shape index (κ1) is 56.0. The summed E-state index contributed by atoms with van der Waals surface area (Å²) < 4.78 is 164. The molecule has 0 aromatic heterocycles. The summed E-state index contributed by atoms with van der Waals surface area (Å²) in [7, 11) is 0.